The number of phenols is 1. The van der Waals surface area contributed by atoms with Gasteiger partial charge in [0, 0.05) is 37.7 Å². The molecule has 0 spiro atoms. The molecule has 3 heterocycles. The van der Waals surface area contributed by atoms with Gasteiger partial charge in [-0.1, -0.05) is 55.5 Å². The molecule has 2 amide bonds. The molecule has 11 nitrogen and oxygen atoms in total. The van der Waals surface area contributed by atoms with Gasteiger partial charge in [-0.15, -0.1) is 0 Å². The maximum atomic E-state index is 13.8. The van der Waals surface area contributed by atoms with E-state index in [9.17, 15) is 14.7 Å². The lowest BCUT2D eigenvalue weighted by Crippen LogP contribution is -2.44. The van der Waals surface area contributed by atoms with Gasteiger partial charge in [-0.05, 0) is 76.6 Å². The van der Waals surface area contributed by atoms with Crippen LogP contribution in [0.15, 0.2) is 101 Å². The molecule has 0 aromatic heterocycles. The molecule has 0 fully saturated rings. The molecule has 0 saturated heterocycles. The highest BCUT2D eigenvalue weighted by molar-refractivity contribution is 6.04. The fraction of sp³-hybridized carbons (Fsp3) is 0.244. The van der Waals surface area contributed by atoms with Crippen molar-refractivity contribution in [2.45, 2.75) is 52.1 Å². The third kappa shape index (κ3) is 7.27. The van der Waals surface area contributed by atoms with Crippen LogP contribution in [0.5, 0.6) is 28.7 Å². The molecule has 3 aliphatic heterocycles. The first-order valence-corrected chi connectivity index (χ1v) is 18.6. The van der Waals surface area contributed by atoms with Crippen molar-refractivity contribution in [3.63, 3.8) is 0 Å². The maximum Gasteiger partial charge on any atom is 0.257 e. The topological polar surface area (TPSA) is 122 Å². The maximum absolute atomic E-state index is 13.8. The van der Waals surface area contributed by atoms with Crippen molar-refractivity contribution in [1.29, 1.82) is 0 Å². The fourth-order valence-electron chi connectivity index (χ4n) is 7.54. The van der Waals surface area contributed by atoms with Gasteiger partial charge in [-0.25, -0.2) is 0 Å². The number of aryl methyl sites for hydroxylation is 1. The summed E-state index contributed by atoms with van der Waals surface area (Å²) in [5.41, 5.74) is 7.90. The van der Waals surface area contributed by atoms with Crippen molar-refractivity contribution >= 4 is 35.6 Å². The van der Waals surface area contributed by atoms with Crippen LogP contribution in [0, 0.1) is 0 Å². The van der Waals surface area contributed by atoms with E-state index in [2.05, 4.69) is 36.2 Å². The number of rotatable bonds is 11. The van der Waals surface area contributed by atoms with Gasteiger partial charge in [0.1, 0.15) is 19.0 Å². The molecule has 8 rings (SSSR count). The quantitative estimate of drug-likeness (QED) is 0.146. The Kier molecular flexibility index (Phi) is 10.1. The Balaban J connectivity index is 0.968. The van der Waals surface area contributed by atoms with Gasteiger partial charge in [0.2, 0.25) is 0 Å². The first-order valence-electron chi connectivity index (χ1n) is 18.6. The van der Waals surface area contributed by atoms with Gasteiger partial charge >= 0.3 is 0 Å². The highest BCUT2D eigenvalue weighted by Gasteiger charge is 2.33. The predicted octanol–water partition coefficient (Wildman–Crippen LogP) is 7.77. The predicted molar refractivity (Wildman–Crippen MR) is 213 cm³/mol. The number of hydrogen-bond donors (Lipinski definition) is 1. The SMILES string of the molecule is CCc1ccccc1CN1CC=Nc2cc(OCc3cc(O)cc(COc4cc5c(cc4OC)C(=O)N4Cc6ccccc6C[C@H]4C=N5)c3)c(OC)cc2C1=O. The van der Waals surface area contributed by atoms with Crippen LogP contribution in [0.2, 0.25) is 0 Å². The third-order valence-corrected chi connectivity index (χ3v) is 10.5. The number of phenolic OH excluding ortho intramolecular Hbond substituents is 1. The Morgan fingerprint density at radius 3 is 1.98 bits per heavy atom. The van der Waals surface area contributed by atoms with Crippen LogP contribution in [-0.4, -0.2) is 66.0 Å². The molecular weight excluding hydrogens is 709 g/mol. The van der Waals surface area contributed by atoms with E-state index in [1.807, 2.05) is 41.4 Å². The average Bonchev–Trinajstić information content (AvgIpc) is 3.45. The third-order valence-electron chi connectivity index (χ3n) is 10.5. The van der Waals surface area contributed by atoms with Crippen molar-refractivity contribution in [2.75, 3.05) is 20.8 Å². The number of fused-ring (bicyclic) bond motifs is 4. The highest BCUT2D eigenvalue weighted by atomic mass is 16.5. The van der Waals surface area contributed by atoms with Gasteiger partial charge in [-0.2, -0.15) is 0 Å². The van der Waals surface area contributed by atoms with Crippen LogP contribution in [0.1, 0.15) is 61.0 Å². The van der Waals surface area contributed by atoms with Crippen molar-refractivity contribution in [2.24, 2.45) is 9.98 Å². The van der Waals surface area contributed by atoms with Crippen LogP contribution in [0.4, 0.5) is 11.4 Å². The van der Waals surface area contributed by atoms with Crippen molar-refractivity contribution in [1.82, 2.24) is 9.80 Å². The lowest BCUT2D eigenvalue weighted by atomic mass is 9.94. The van der Waals surface area contributed by atoms with E-state index in [1.165, 1.54) is 25.3 Å². The van der Waals surface area contributed by atoms with E-state index in [4.69, 9.17) is 23.9 Å². The molecule has 3 aliphatic rings. The van der Waals surface area contributed by atoms with Crippen LogP contribution < -0.4 is 18.9 Å². The molecule has 11 heteroatoms. The summed E-state index contributed by atoms with van der Waals surface area (Å²) < 4.78 is 23.8. The highest BCUT2D eigenvalue weighted by Crippen LogP contribution is 2.40. The van der Waals surface area contributed by atoms with E-state index in [0.29, 0.717) is 82.7 Å². The minimum atomic E-state index is -0.154. The second-order valence-electron chi connectivity index (χ2n) is 14.0. The minimum Gasteiger partial charge on any atom is -0.508 e. The molecule has 1 N–H and O–H groups in total. The second kappa shape index (κ2) is 15.6. The number of nitrogens with zero attached hydrogens (tertiary/aromatic N) is 4. The Morgan fingerprint density at radius 1 is 0.714 bits per heavy atom. The number of carbonyl (C=O) groups is 2. The van der Waals surface area contributed by atoms with Gasteiger partial charge in [0.05, 0.1) is 49.3 Å². The number of aromatic hydroxyl groups is 1. The molecule has 5 aromatic carbocycles. The van der Waals surface area contributed by atoms with E-state index >= 15 is 0 Å². The number of ether oxygens (including phenoxy) is 4. The first-order chi connectivity index (χ1) is 27.3. The van der Waals surface area contributed by atoms with Crippen molar-refractivity contribution in [3.05, 3.63) is 136 Å². The fourth-order valence-corrected chi connectivity index (χ4v) is 7.54. The molecule has 0 saturated carbocycles. The van der Waals surface area contributed by atoms with Gasteiger partial charge in [0.25, 0.3) is 11.8 Å². The number of methoxy groups -OCH3 is 2. The minimum absolute atomic E-state index is 0.0419. The molecule has 0 aliphatic carbocycles. The molecule has 1 atom stereocenters. The van der Waals surface area contributed by atoms with Gasteiger partial charge in [-0.3, -0.25) is 19.6 Å². The zero-order chi connectivity index (χ0) is 38.8. The summed E-state index contributed by atoms with van der Waals surface area (Å²) in [6.45, 7) is 3.64. The summed E-state index contributed by atoms with van der Waals surface area (Å²) in [6, 6.07) is 28.1. The number of benzene rings is 5. The van der Waals surface area contributed by atoms with Crippen LogP contribution in [0.25, 0.3) is 0 Å². The Bertz CT molecular complexity index is 2390. The summed E-state index contributed by atoms with van der Waals surface area (Å²) in [6.07, 6.45) is 5.15. The van der Waals surface area contributed by atoms with E-state index < -0.39 is 0 Å². The monoisotopic (exact) mass is 750 g/mol. The Morgan fingerprint density at radius 2 is 1.32 bits per heavy atom. The van der Waals surface area contributed by atoms with Gasteiger partial charge < -0.3 is 33.9 Å². The van der Waals surface area contributed by atoms with E-state index in [-0.39, 0.29) is 36.8 Å². The summed E-state index contributed by atoms with van der Waals surface area (Å²) in [7, 11) is 3.06. The second-order valence-corrected chi connectivity index (χ2v) is 14.0. The standard InChI is InChI=1S/C45H42N4O7/c1-4-30-9-5-7-11-32(30)24-48-14-13-46-38-21-42(40(53-2)19-36(38)44(48)51)55-26-28-15-29(17-35(50)16-28)27-56-43-22-39-37(20-41(43)54-3)45(52)49-25-33-12-8-6-10-31(33)18-34(49)23-47-39/h5-13,15-17,19-23,34,50H,4,14,18,24-27H2,1-3H3/t34-/m0/s1. The van der Waals surface area contributed by atoms with Crippen molar-refractivity contribution in [3.8, 4) is 28.7 Å². The molecule has 56 heavy (non-hydrogen) atoms. The van der Waals surface area contributed by atoms with Crippen LogP contribution >= 0.6 is 0 Å². The molecule has 5 aromatic rings. The summed E-state index contributed by atoms with van der Waals surface area (Å²) in [4.78, 5) is 40.5. The van der Waals surface area contributed by atoms with Crippen LogP contribution in [-0.2, 0) is 39.1 Å². The average molecular weight is 751 g/mol. The number of aliphatic imine (C=N–C) groups is 2. The van der Waals surface area contributed by atoms with Gasteiger partial charge in [0.15, 0.2) is 23.0 Å². The Labute approximate surface area is 325 Å². The lowest BCUT2D eigenvalue weighted by Gasteiger charge is -2.34. The molecule has 0 radical (unpaired) electrons. The number of hydrogen-bond acceptors (Lipinski definition) is 9. The normalized spacial score (nSPS) is 15.6. The van der Waals surface area contributed by atoms with E-state index in [1.54, 1.807) is 47.5 Å². The first kappa shape index (κ1) is 36.4. The zero-order valence-corrected chi connectivity index (χ0v) is 31.5. The lowest BCUT2D eigenvalue weighted by molar-refractivity contribution is 0.0702. The Hall–Kier alpha value is -6.62. The molecular formula is C45H42N4O7. The van der Waals surface area contributed by atoms with Crippen molar-refractivity contribution < 1.29 is 33.6 Å². The number of carbonyl (C=O) groups excluding carboxylic acids is 2. The summed E-state index contributed by atoms with van der Waals surface area (Å²) in [5.74, 6) is 1.41. The molecule has 284 valence electrons. The van der Waals surface area contributed by atoms with E-state index in [0.717, 1.165) is 17.5 Å². The smallest absolute Gasteiger partial charge is 0.257 e. The molecule has 0 unspecified atom stereocenters. The molecule has 0 bridgehead atoms. The number of amides is 2. The summed E-state index contributed by atoms with van der Waals surface area (Å²) in [5, 5.41) is 10.7. The van der Waals surface area contributed by atoms with Crippen LogP contribution in [0.3, 0.4) is 0 Å². The summed E-state index contributed by atoms with van der Waals surface area (Å²) >= 11 is 0. The zero-order valence-electron chi connectivity index (χ0n) is 31.5. The largest absolute Gasteiger partial charge is 0.508 e.